The van der Waals surface area contributed by atoms with Crippen molar-refractivity contribution in [3.63, 3.8) is 0 Å². The summed E-state index contributed by atoms with van der Waals surface area (Å²) >= 11 is 0. The Balaban J connectivity index is 0.000000139. The SMILES string of the molecule is CC.COc1cc(CC(NC(=O)c2ccc3c(c2)nc(-c2ccoc2)n3C2CCCCC2)C(=O)O)ccc1C.COc1ccc(CC(NC(=O)c2ccc3c(c2)nc(-c2ccoc2)n3C2CCCCC2)C(=O)O)cc1OC.COc1ccc(CC(NC(=O)c2ccc3c(c2)nc(-c2ccoc2)n3C2CCCCC2)C(C)=O)cc1OC.Cc1ccccc1Oc1ccc(-c2nc3cc(C(=O)O)ccc3n2C2CCCCC2)cc1. The summed E-state index contributed by atoms with van der Waals surface area (Å²) in [5.41, 5.74) is 16.3. The number of para-hydroxylation sites is 1. The van der Waals surface area contributed by atoms with Crippen molar-refractivity contribution in [2.75, 3.05) is 35.5 Å². The van der Waals surface area contributed by atoms with E-state index >= 15 is 0 Å². The van der Waals surface area contributed by atoms with Crippen LogP contribution in [0.3, 0.4) is 0 Å². The van der Waals surface area contributed by atoms with Crippen LogP contribution < -0.4 is 44.4 Å². The highest BCUT2D eigenvalue weighted by atomic mass is 16.5. The summed E-state index contributed by atoms with van der Waals surface area (Å²) in [6.45, 7) is 9.43. The molecule has 3 atom stereocenters. The molecule has 4 aliphatic carbocycles. The number of carboxylic acid groups (broad SMARTS) is 3. The number of benzene rings is 9. The number of methoxy groups -OCH3 is 5. The van der Waals surface area contributed by atoms with Gasteiger partial charge in [-0.3, -0.25) is 19.2 Å². The van der Waals surface area contributed by atoms with Crippen LogP contribution in [0, 0.1) is 13.8 Å². The molecule has 4 aliphatic rings. The summed E-state index contributed by atoms with van der Waals surface area (Å²) in [6, 6.07) is 57.9. The quantitative estimate of drug-likeness (QED) is 0.0235. The summed E-state index contributed by atoms with van der Waals surface area (Å²) in [5, 5.41) is 37.3. The highest BCUT2D eigenvalue weighted by molar-refractivity contribution is 6.03. The zero-order chi connectivity index (χ0) is 103. The summed E-state index contributed by atoms with van der Waals surface area (Å²) in [5.74, 6) is 3.37. The fourth-order valence-electron chi connectivity index (χ4n) is 20.4. The maximum atomic E-state index is 13.3. The lowest BCUT2D eigenvalue weighted by Gasteiger charge is -2.25. The normalized spacial score (nSPS) is 14.6. The minimum Gasteiger partial charge on any atom is -0.496 e. The van der Waals surface area contributed by atoms with Crippen LogP contribution in [0.15, 0.2) is 245 Å². The number of Topliss-reactive ketones (excluding diaryl/α,β-unsaturated/α-hetero) is 1. The predicted molar refractivity (Wildman–Crippen MR) is 563 cm³/mol. The lowest BCUT2D eigenvalue weighted by atomic mass is 9.95. The number of amides is 3. The van der Waals surface area contributed by atoms with E-state index in [1.165, 1.54) is 98.2 Å². The van der Waals surface area contributed by atoms with Crippen molar-refractivity contribution < 1.29 is 90.6 Å². The van der Waals surface area contributed by atoms with Gasteiger partial charge < -0.3 is 91.2 Å². The number of aryl methyl sites for hydroxylation is 2. The number of carboxylic acids is 3. The van der Waals surface area contributed by atoms with E-state index in [4.69, 9.17) is 61.6 Å². The number of furan rings is 3. The molecule has 764 valence electrons. The molecular weight excluding hydrogens is 1860 g/mol. The van der Waals surface area contributed by atoms with E-state index < -0.39 is 47.8 Å². The number of ether oxygens (including phenoxy) is 6. The van der Waals surface area contributed by atoms with Gasteiger partial charge in [-0.1, -0.05) is 133 Å². The van der Waals surface area contributed by atoms with Gasteiger partial charge in [-0.15, -0.1) is 0 Å². The predicted octanol–water partition coefficient (Wildman–Crippen LogP) is 24.6. The second-order valence-corrected chi connectivity index (χ2v) is 37.6. The Morgan fingerprint density at radius 1 is 0.340 bits per heavy atom. The van der Waals surface area contributed by atoms with Gasteiger partial charge in [0.05, 0.1) is 127 Å². The lowest BCUT2D eigenvalue weighted by molar-refractivity contribution is -0.140. The van der Waals surface area contributed by atoms with E-state index in [9.17, 15) is 48.9 Å². The van der Waals surface area contributed by atoms with Gasteiger partial charge in [0.15, 0.2) is 28.8 Å². The maximum absolute atomic E-state index is 13.3. The number of aliphatic carboxylic acids is 2. The lowest BCUT2D eigenvalue weighted by Crippen LogP contribution is -2.42. The molecule has 7 heterocycles. The number of rotatable bonds is 31. The first kappa shape index (κ1) is 104. The van der Waals surface area contributed by atoms with Gasteiger partial charge in [0, 0.05) is 59.3 Å². The van der Waals surface area contributed by atoms with Gasteiger partial charge in [-0.05, 0) is 258 Å². The standard InChI is InChI=1S/C30H33N3O5.C29H31N3O6.C29H31N3O5.C27H26N2O3.C2H6/c1-19(34)24(15-20-9-12-27(36-2)28(16-20)37-3)32-30(35)21-10-11-26-25(17-21)31-29(22-13-14-38-18-22)33(26)23-7-5-4-6-8-23;1-36-25-11-8-18(15-26(25)37-2)14-23(29(34)35)31-28(33)19-9-10-24-22(16-19)30-27(20-12-13-38-17-20)32(24)21-6-4-3-5-7-21;1-18-8-9-19(15-26(18)36-2)14-24(29(34)35)31-28(33)20-10-11-25-23(16-20)30-27(21-12-13-37-17-21)32(25)22-6-4-3-5-7-22;1-18-7-5-6-10-25(18)32-22-14-11-19(12-15-22)26-28-23-17-20(27(30)31)13-16-24(23)29(26)21-8-3-2-4-9-21;1-2/h9-14,16-18,23-24H,4-8,15H2,1-3H3,(H,32,35);8-13,15-17,21,23H,3-7,14H2,1-2H3,(H,31,33)(H,34,35);8-13,15-17,22,24H,3-7,14H2,1-2H3,(H,31,33)(H,34,35);5-7,10-17,21H,2-4,8-9H2,1H3,(H,30,31);1-2H3. The monoisotopic (exact) mass is 1990 g/mol. The Kier molecular flexibility index (Phi) is 34.3. The Morgan fingerprint density at radius 3 is 0.980 bits per heavy atom. The Morgan fingerprint density at radius 2 is 0.653 bits per heavy atom. The van der Waals surface area contributed by atoms with Crippen LogP contribution in [0.5, 0.6) is 40.2 Å². The number of fused-ring (bicyclic) bond motifs is 4. The Hall–Kier alpha value is -16.0. The van der Waals surface area contributed by atoms with E-state index in [0.717, 1.165) is 164 Å². The Bertz CT molecular complexity index is 7050. The molecule has 30 nitrogen and oxygen atoms in total. The van der Waals surface area contributed by atoms with Crippen molar-refractivity contribution >= 4 is 85.5 Å². The van der Waals surface area contributed by atoms with Gasteiger partial charge in [0.2, 0.25) is 0 Å². The summed E-state index contributed by atoms with van der Waals surface area (Å²) < 4.78 is 57.8. The van der Waals surface area contributed by atoms with Gasteiger partial charge in [-0.2, -0.15) is 0 Å². The first-order chi connectivity index (χ1) is 71.5. The smallest absolute Gasteiger partial charge is 0.335 e. The number of ketones is 1. The van der Waals surface area contributed by atoms with Crippen molar-refractivity contribution in [3.8, 4) is 85.8 Å². The molecule has 6 N–H and O–H groups in total. The number of carbonyl (C=O) groups excluding carboxylic acids is 4. The second kappa shape index (κ2) is 48.6. The minimum absolute atomic E-state index is 0.0879. The first-order valence-electron chi connectivity index (χ1n) is 50.7. The van der Waals surface area contributed by atoms with Crippen molar-refractivity contribution in [2.24, 2.45) is 0 Å². The number of aromatic carboxylic acids is 1. The van der Waals surface area contributed by atoms with Crippen LogP contribution in [0.25, 0.3) is 89.7 Å². The zero-order valence-corrected chi connectivity index (χ0v) is 84.7. The van der Waals surface area contributed by atoms with Crippen LogP contribution in [-0.4, -0.2) is 149 Å². The molecule has 0 bridgehead atoms. The molecule has 4 saturated carbocycles. The molecule has 7 aromatic heterocycles. The van der Waals surface area contributed by atoms with Gasteiger partial charge in [0.1, 0.15) is 71.4 Å². The van der Waals surface area contributed by atoms with Gasteiger partial charge >= 0.3 is 17.9 Å². The summed E-state index contributed by atoms with van der Waals surface area (Å²) in [4.78, 5) is 107. The molecule has 30 heteroatoms. The number of nitrogens with one attached hydrogen (secondary N) is 3. The highest BCUT2D eigenvalue weighted by Gasteiger charge is 2.33. The number of hydrogen-bond acceptors (Lipinski definition) is 20. The molecular formula is C117H127N11O19. The molecule has 147 heavy (non-hydrogen) atoms. The summed E-state index contributed by atoms with van der Waals surface area (Å²) in [7, 11) is 7.76. The minimum atomic E-state index is -1.13. The fraction of sp³-hybridized carbons (Fsp3) is 0.342. The number of imidazole rings is 4. The molecule has 20 rings (SSSR count). The molecule has 0 radical (unpaired) electrons. The van der Waals surface area contributed by atoms with E-state index in [0.29, 0.717) is 92.6 Å². The van der Waals surface area contributed by atoms with Crippen LogP contribution in [0.2, 0.25) is 0 Å². The van der Waals surface area contributed by atoms with Crippen molar-refractivity contribution in [1.29, 1.82) is 0 Å². The van der Waals surface area contributed by atoms with E-state index in [2.05, 4.69) is 34.2 Å². The van der Waals surface area contributed by atoms with Gasteiger partial charge in [0.25, 0.3) is 17.7 Å². The number of nitrogens with zero attached hydrogens (tertiary/aromatic N) is 8. The van der Waals surface area contributed by atoms with Crippen LogP contribution in [-0.2, 0) is 33.6 Å². The number of hydrogen-bond donors (Lipinski definition) is 6. The van der Waals surface area contributed by atoms with E-state index in [-0.39, 0.29) is 30.1 Å². The number of carbonyl (C=O) groups is 7. The molecule has 3 unspecified atom stereocenters. The molecule has 4 fully saturated rings. The highest BCUT2D eigenvalue weighted by Crippen LogP contribution is 2.44. The first-order valence-corrected chi connectivity index (χ1v) is 50.7. The topological polar surface area (TPSA) is 382 Å². The third-order valence-corrected chi connectivity index (χ3v) is 28.0. The van der Waals surface area contributed by atoms with E-state index in [1.807, 2.05) is 149 Å². The number of aromatic nitrogens is 8. The van der Waals surface area contributed by atoms with Crippen LogP contribution in [0.4, 0.5) is 0 Å². The molecule has 3 amide bonds. The maximum Gasteiger partial charge on any atom is 0.335 e. The molecule has 16 aromatic rings. The average molecular weight is 1990 g/mol. The van der Waals surface area contributed by atoms with Crippen LogP contribution in [0.1, 0.15) is 243 Å². The Labute approximate surface area is 853 Å². The molecule has 0 spiro atoms. The largest absolute Gasteiger partial charge is 0.496 e. The third kappa shape index (κ3) is 24.5. The molecule has 0 aliphatic heterocycles. The summed E-state index contributed by atoms with van der Waals surface area (Å²) in [6.07, 6.45) is 33.9. The average Bonchev–Trinajstić information content (AvgIpc) is 1.62. The second-order valence-electron chi connectivity index (χ2n) is 37.6. The van der Waals surface area contributed by atoms with Gasteiger partial charge in [-0.25, -0.2) is 34.3 Å². The molecule has 0 saturated heterocycles. The van der Waals surface area contributed by atoms with Crippen molar-refractivity contribution in [2.45, 2.75) is 225 Å². The van der Waals surface area contributed by atoms with Crippen molar-refractivity contribution in [3.05, 3.63) is 282 Å². The van der Waals surface area contributed by atoms with Crippen LogP contribution >= 0.6 is 0 Å². The zero-order valence-electron chi connectivity index (χ0n) is 84.7. The van der Waals surface area contributed by atoms with Crippen molar-refractivity contribution in [1.82, 2.24) is 54.2 Å². The molecule has 9 aromatic carbocycles. The fourth-order valence-corrected chi connectivity index (χ4v) is 20.4. The van der Waals surface area contributed by atoms with E-state index in [1.54, 1.807) is 132 Å². The third-order valence-electron chi connectivity index (χ3n) is 28.0.